The number of primary amides is 1. The van der Waals surface area contributed by atoms with Crippen molar-refractivity contribution in [2.45, 2.75) is 19.8 Å². The normalized spacial score (nSPS) is 52.7. The molecule has 4 nitrogen and oxygen atoms in total. The molecule has 0 aliphatic heterocycles. The van der Waals surface area contributed by atoms with E-state index in [0.29, 0.717) is 17.3 Å². The summed E-state index contributed by atoms with van der Waals surface area (Å²) in [5.74, 6) is 2.14. The van der Waals surface area contributed by atoms with Crippen LogP contribution in [0.1, 0.15) is 19.8 Å². The highest BCUT2D eigenvalue weighted by molar-refractivity contribution is 5.98. The highest BCUT2D eigenvalue weighted by Crippen LogP contribution is 2.77. The van der Waals surface area contributed by atoms with Crippen LogP contribution >= 0.6 is 0 Å². The third-order valence-electron chi connectivity index (χ3n) is 4.11. The van der Waals surface area contributed by atoms with Gasteiger partial charge >= 0.3 is 6.03 Å². The van der Waals surface area contributed by atoms with Crippen molar-refractivity contribution < 1.29 is 4.79 Å². The number of hydrogen-bond acceptors (Lipinski definition) is 2. The van der Waals surface area contributed by atoms with Gasteiger partial charge in [0.25, 0.3) is 0 Å². The van der Waals surface area contributed by atoms with E-state index in [0.717, 1.165) is 5.92 Å². The van der Waals surface area contributed by atoms with Crippen molar-refractivity contribution in [3.63, 3.8) is 0 Å². The van der Waals surface area contributed by atoms with Crippen LogP contribution < -0.4 is 11.2 Å². The molecule has 0 heterocycles. The van der Waals surface area contributed by atoms with E-state index < -0.39 is 6.03 Å². The molecule has 4 unspecified atom stereocenters. The molecule has 0 aromatic carbocycles. The molecule has 4 rings (SSSR count). The van der Waals surface area contributed by atoms with Gasteiger partial charge in [-0.25, -0.2) is 10.2 Å². The lowest BCUT2D eigenvalue weighted by Gasteiger charge is -2.01. The summed E-state index contributed by atoms with van der Waals surface area (Å²) in [7, 11) is 0. The predicted molar refractivity (Wildman–Crippen MR) is 48.0 cm³/mol. The first kappa shape index (κ1) is 7.35. The maximum Gasteiger partial charge on any atom is 0.332 e. The Bertz CT molecular complexity index is 325. The van der Waals surface area contributed by atoms with Crippen LogP contribution in [0.4, 0.5) is 4.79 Å². The number of hydrogen-bond donors (Lipinski definition) is 2. The molecule has 0 saturated heterocycles. The van der Waals surface area contributed by atoms with E-state index in [1.165, 1.54) is 18.6 Å². The van der Waals surface area contributed by atoms with E-state index in [9.17, 15) is 4.79 Å². The van der Waals surface area contributed by atoms with Gasteiger partial charge in [-0.05, 0) is 24.2 Å². The summed E-state index contributed by atoms with van der Waals surface area (Å²) in [5.41, 5.74) is 9.04. The van der Waals surface area contributed by atoms with Gasteiger partial charge in [-0.3, -0.25) is 0 Å². The highest BCUT2D eigenvalue weighted by Gasteiger charge is 2.75. The smallest absolute Gasteiger partial charge is 0.332 e. The van der Waals surface area contributed by atoms with E-state index >= 15 is 0 Å². The lowest BCUT2D eigenvalue weighted by molar-refractivity contribution is 0.249. The Hall–Kier alpha value is -1.06. The van der Waals surface area contributed by atoms with Gasteiger partial charge in [0.15, 0.2) is 0 Å². The van der Waals surface area contributed by atoms with Crippen LogP contribution in [0.3, 0.4) is 0 Å². The van der Waals surface area contributed by atoms with E-state index in [1.54, 1.807) is 0 Å². The second-order valence-electron chi connectivity index (χ2n) is 4.74. The Balaban J connectivity index is 1.83. The van der Waals surface area contributed by atoms with Gasteiger partial charge in [0, 0.05) is 17.5 Å². The number of carbonyl (C=O) groups is 1. The molecule has 4 fully saturated rings. The minimum atomic E-state index is -0.557. The van der Waals surface area contributed by atoms with Crippen LogP contribution in [0.5, 0.6) is 0 Å². The van der Waals surface area contributed by atoms with Crippen LogP contribution in [0.25, 0.3) is 0 Å². The van der Waals surface area contributed by atoms with Crippen molar-refractivity contribution >= 4 is 11.7 Å². The molecule has 0 aromatic heterocycles. The van der Waals surface area contributed by atoms with E-state index in [4.69, 9.17) is 5.73 Å². The zero-order valence-corrected chi connectivity index (χ0v) is 7.58. The standard InChI is InChI=1S/C9H13N3O/c1-9-3-4-2-5(9)6(9)7(4)11-12-8(10)13/h4-6H,2-3H2,1H3,(H3,10,12,13)/b11-7-. The molecule has 4 bridgehead atoms. The average molecular weight is 179 g/mol. The van der Waals surface area contributed by atoms with Crippen molar-refractivity contribution in [3.8, 4) is 0 Å². The van der Waals surface area contributed by atoms with Gasteiger partial charge in [0.1, 0.15) is 0 Å². The molecule has 70 valence electrons. The van der Waals surface area contributed by atoms with Crippen LogP contribution in [0, 0.1) is 23.2 Å². The first-order valence-electron chi connectivity index (χ1n) is 4.76. The Morgan fingerprint density at radius 3 is 2.92 bits per heavy atom. The Morgan fingerprint density at radius 1 is 1.77 bits per heavy atom. The molecule has 13 heavy (non-hydrogen) atoms. The van der Waals surface area contributed by atoms with Crippen molar-refractivity contribution in [1.82, 2.24) is 5.43 Å². The summed E-state index contributed by atoms with van der Waals surface area (Å²) in [6.45, 7) is 2.33. The molecule has 0 spiro atoms. The molecule has 4 heteroatoms. The fourth-order valence-corrected chi connectivity index (χ4v) is 3.57. The molecule has 3 N–H and O–H groups in total. The van der Waals surface area contributed by atoms with E-state index in [-0.39, 0.29) is 0 Å². The van der Waals surface area contributed by atoms with Crippen LogP contribution in [0.15, 0.2) is 5.10 Å². The SMILES string of the molecule is CC12CC3CC1C2/C3=N\NC(N)=O. The van der Waals surface area contributed by atoms with Crippen LogP contribution in [-0.4, -0.2) is 11.7 Å². The van der Waals surface area contributed by atoms with E-state index in [2.05, 4.69) is 17.5 Å². The van der Waals surface area contributed by atoms with Crippen molar-refractivity contribution in [2.24, 2.45) is 34.0 Å². The summed E-state index contributed by atoms with van der Waals surface area (Å²) >= 11 is 0. The lowest BCUT2D eigenvalue weighted by atomic mass is 10.1. The number of urea groups is 1. The Labute approximate surface area is 76.6 Å². The van der Waals surface area contributed by atoms with Crippen molar-refractivity contribution in [1.29, 1.82) is 0 Å². The van der Waals surface area contributed by atoms with Crippen molar-refractivity contribution in [3.05, 3.63) is 0 Å². The number of carbonyl (C=O) groups excluding carboxylic acids is 1. The molecule has 0 aromatic rings. The zero-order chi connectivity index (χ0) is 9.22. The Kier molecular flexibility index (Phi) is 1.07. The minimum absolute atomic E-state index is 0.531. The highest BCUT2D eigenvalue weighted by atomic mass is 16.2. The molecule has 0 radical (unpaired) electrons. The molecule has 2 amide bonds. The van der Waals surface area contributed by atoms with Crippen LogP contribution in [0.2, 0.25) is 0 Å². The zero-order valence-electron chi connectivity index (χ0n) is 7.58. The fraction of sp³-hybridized carbons (Fsp3) is 0.778. The van der Waals surface area contributed by atoms with Crippen molar-refractivity contribution in [2.75, 3.05) is 0 Å². The largest absolute Gasteiger partial charge is 0.350 e. The van der Waals surface area contributed by atoms with E-state index in [1.807, 2.05) is 0 Å². The fourth-order valence-electron chi connectivity index (χ4n) is 3.57. The van der Waals surface area contributed by atoms with Gasteiger partial charge in [0.2, 0.25) is 0 Å². The molecular formula is C9H13N3O. The summed E-state index contributed by atoms with van der Waals surface area (Å²) in [6.07, 6.45) is 2.54. The summed E-state index contributed by atoms with van der Waals surface area (Å²) < 4.78 is 0. The molecule has 4 atom stereocenters. The maximum absolute atomic E-state index is 10.5. The van der Waals surface area contributed by atoms with Gasteiger partial charge in [0.05, 0.1) is 0 Å². The molecule has 4 aliphatic rings. The third-order valence-corrected chi connectivity index (χ3v) is 4.11. The topological polar surface area (TPSA) is 67.5 Å². The number of amides is 2. The second-order valence-corrected chi connectivity index (χ2v) is 4.74. The minimum Gasteiger partial charge on any atom is -0.350 e. The lowest BCUT2D eigenvalue weighted by Crippen LogP contribution is -2.26. The Morgan fingerprint density at radius 2 is 2.54 bits per heavy atom. The first-order valence-corrected chi connectivity index (χ1v) is 4.76. The number of nitrogens with zero attached hydrogens (tertiary/aromatic N) is 1. The number of rotatable bonds is 1. The molecule has 4 saturated carbocycles. The number of nitrogens with two attached hydrogens (primary N) is 1. The van der Waals surface area contributed by atoms with Gasteiger partial charge in [-0.2, -0.15) is 5.10 Å². The third kappa shape index (κ3) is 0.716. The molecule has 4 aliphatic carbocycles. The van der Waals surface area contributed by atoms with Gasteiger partial charge in [-0.15, -0.1) is 0 Å². The monoisotopic (exact) mass is 179 g/mol. The summed E-state index contributed by atoms with van der Waals surface area (Å²) in [6, 6.07) is -0.557. The van der Waals surface area contributed by atoms with Gasteiger partial charge < -0.3 is 5.73 Å². The maximum atomic E-state index is 10.5. The number of hydrazone groups is 1. The summed E-state index contributed by atoms with van der Waals surface area (Å²) in [5, 5.41) is 4.11. The molecular weight excluding hydrogens is 166 g/mol. The number of nitrogens with one attached hydrogen (secondary N) is 1. The van der Waals surface area contributed by atoms with Gasteiger partial charge in [-0.1, -0.05) is 6.92 Å². The first-order chi connectivity index (χ1) is 6.13. The average Bonchev–Trinajstić information content (AvgIpc) is 2.46. The van der Waals surface area contributed by atoms with Crippen LogP contribution in [-0.2, 0) is 0 Å². The second kappa shape index (κ2) is 1.89. The summed E-state index contributed by atoms with van der Waals surface area (Å²) in [4.78, 5) is 10.5. The predicted octanol–water partition coefficient (Wildman–Crippen LogP) is 0.687. The quantitative estimate of drug-likeness (QED) is 0.571.